The Kier molecular flexibility index (Phi) is 2.38. The van der Waals surface area contributed by atoms with Gasteiger partial charge in [-0.25, -0.2) is 4.98 Å². The van der Waals surface area contributed by atoms with Gasteiger partial charge in [0, 0.05) is 6.20 Å². The molecule has 0 spiro atoms. The van der Waals surface area contributed by atoms with Crippen LogP contribution in [0.1, 0.15) is 30.3 Å². The maximum atomic E-state index is 4.63. The lowest BCUT2D eigenvalue weighted by Gasteiger charge is -2.20. The second kappa shape index (κ2) is 3.87. The number of rotatable bonds is 1. The van der Waals surface area contributed by atoms with Crippen molar-refractivity contribution in [1.29, 1.82) is 0 Å². The first-order chi connectivity index (χ1) is 7.43. The van der Waals surface area contributed by atoms with E-state index in [1.54, 1.807) is 11.3 Å². The van der Waals surface area contributed by atoms with Crippen molar-refractivity contribution >= 4 is 21.6 Å². The zero-order chi connectivity index (χ0) is 10.1. The van der Waals surface area contributed by atoms with Crippen molar-refractivity contribution in [2.75, 3.05) is 6.54 Å². The molecule has 0 radical (unpaired) electrons. The first-order valence-electron chi connectivity index (χ1n) is 5.37. The molecule has 1 aliphatic heterocycles. The number of nitrogens with one attached hydrogen (secondary N) is 1. The van der Waals surface area contributed by atoms with E-state index < -0.39 is 0 Å². The van der Waals surface area contributed by atoms with E-state index in [1.165, 1.54) is 29.0 Å². The molecule has 0 bridgehead atoms. The van der Waals surface area contributed by atoms with E-state index in [0.29, 0.717) is 6.04 Å². The summed E-state index contributed by atoms with van der Waals surface area (Å²) >= 11 is 1.79. The fraction of sp³-hybridized carbons (Fsp3) is 0.455. The summed E-state index contributed by atoms with van der Waals surface area (Å²) < 4.78 is 1.24. The predicted octanol–water partition coefficient (Wildman–Crippen LogP) is 2.51. The molecule has 1 unspecified atom stereocenters. The van der Waals surface area contributed by atoms with Gasteiger partial charge in [0.25, 0.3) is 0 Å². The first kappa shape index (κ1) is 9.24. The van der Waals surface area contributed by atoms with E-state index in [-0.39, 0.29) is 0 Å². The number of fused-ring (bicyclic) bond motifs is 1. The van der Waals surface area contributed by atoms with Crippen molar-refractivity contribution in [1.82, 2.24) is 15.3 Å². The monoisotopic (exact) mass is 219 g/mol. The summed E-state index contributed by atoms with van der Waals surface area (Å²) in [6, 6.07) is 2.51. The summed E-state index contributed by atoms with van der Waals surface area (Å²) in [5.74, 6) is 0. The van der Waals surface area contributed by atoms with Crippen LogP contribution in [-0.4, -0.2) is 16.5 Å². The van der Waals surface area contributed by atoms with Crippen LogP contribution in [0.3, 0.4) is 0 Å². The van der Waals surface area contributed by atoms with Gasteiger partial charge in [0.05, 0.1) is 22.5 Å². The number of hydrogen-bond acceptors (Lipinski definition) is 4. The third kappa shape index (κ3) is 1.75. The smallest absolute Gasteiger partial charge is 0.111 e. The van der Waals surface area contributed by atoms with Gasteiger partial charge in [-0.2, -0.15) is 0 Å². The lowest BCUT2D eigenvalue weighted by atomic mass is 10.1. The van der Waals surface area contributed by atoms with Crippen molar-refractivity contribution in [2.24, 2.45) is 0 Å². The van der Waals surface area contributed by atoms with Crippen LogP contribution >= 0.6 is 11.3 Å². The van der Waals surface area contributed by atoms with Gasteiger partial charge in [-0.15, -0.1) is 11.3 Å². The minimum atomic E-state index is 0.469. The highest BCUT2D eigenvalue weighted by atomic mass is 32.1. The molecule has 0 aliphatic carbocycles. The Balaban J connectivity index is 1.96. The van der Waals surface area contributed by atoms with Crippen molar-refractivity contribution < 1.29 is 0 Å². The molecule has 78 valence electrons. The number of thiazole rings is 1. The van der Waals surface area contributed by atoms with E-state index in [2.05, 4.69) is 15.3 Å². The molecular weight excluding hydrogens is 206 g/mol. The van der Waals surface area contributed by atoms with Gasteiger partial charge in [0.1, 0.15) is 5.01 Å². The van der Waals surface area contributed by atoms with Crippen LogP contribution in [0.15, 0.2) is 18.5 Å². The van der Waals surface area contributed by atoms with Crippen molar-refractivity contribution in [3.05, 3.63) is 23.5 Å². The molecule has 0 saturated carbocycles. The minimum absolute atomic E-state index is 0.469. The number of aromatic nitrogens is 2. The van der Waals surface area contributed by atoms with Crippen LogP contribution in [0.25, 0.3) is 10.2 Å². The van der Waals surface area contributed by atoms with Crippen molar-refractivity contribution in [3.8, 4) is 0 Å². The van der Waals surface area contributed by atoms with Crippen LogP contribution in [0.2, 0.25) is 0 Å². The van der Waals surface area contributed by atoms with Crippen LogP contribution in [0.5, 0.6) is 0 Å². The highest BCUT2D eigenvalue weighted by molar-refractivity contribution is 7.18. The zero-order valence-electron chi connectivity index (χ0n) is 8.44. The summed E-state index contributed by atoms with van der Waals surface area (Å²) in [5.41, 5.74) is 1.03. The van der Waals surface area contributed by atoms with Crippen LogP contribution < -0.4 is 5.32 Å². The molecule has 1 fully saturated rings. The van der Waals surface area contributed by atoms with Gasteiger partial charge < -0.3 is 5.32 Å². The number of nitrogens with zero attached hydrogens (tertiary/aromatic N) is 2. The molecule has 3 nitrogen and oxygen atoms in total. The number of pyridine rings is 1. The van der Waals surface area contributed by atoms with E-state index in [4.69, 9.17) is 0 Å². The molecular formula is C11H13N3S. The summed E-state index contributed by atoms with van der Waals surface area (Å²) in [6.45, 7) is 1.12. The largest absolute Gasteiger partial charge is 0.308 e. The average molecular weight is 219 g/mol. The summed E-state index contributed by atoms with van der Waals surface area (Å²) in [6.07, 6.45) is 7.50. The van der Waals surface area contributed by atoms with Crippen LogP contribution in [0, 0.1) is 0 Å². The molecule has 2 aromatic rings. The second-order valence-corrected chi connectivity index (χ2v) is 4.96. The zero-order valence-corrected chi connectivity index (χ0v) is 9.26. The molecule has 0 aromatic carbocycles. The standard InChI is InChI=1S/C11H13N3S/c1-2-5-13-8(3-1)11-14-9-7-12-6-4-10(9)15-11/h4,6-8,13H,1-3,5H2. The maximum Gasteiger partial charge on any atom is 0.111 e. The molecule has 2 aromatic heterocycles. The Morgan fingerprint density at radius 3 is 3.20 bits per heavy atom. The Morgan fingerprint density at radius 2 is 2.40 bits per heavy atom. The van der Waals surface area contributed by atoms with Crippen LogP contribution in [0.4, 0.5) is 0 Å². The average Bonchev–Trinajstić information content (AvgIpc) is 2.74. The van der Waals surface area contributed by atoms with Gasteiger partial charge in [-0.1, -0.05) is 6.42 Å². The van der Waals surface area contributed by atoms with Gasteiger partial charge in [-0.3, -0.25) is 4.98 Å². The van der Waals surface area contributed by atoms with Gasteiger partial charge in [-0.05, 0) is 25.5 Å². The normalized spacial score (nSPS) is 22.0. The Labute approximate surface area is 92.6 Å². The summed E-state index contributed by atoms with van der Waals surface area (Å²) in [4.78, 5) is 8.73. The topological polar surface area (TPSA) is 37.8 Å². The summed E-state index contributed by atoms with van der Waals surface area (Å²) in [5, 5.41) is 4.74. The lowest BCUT2D eigenvalue weighted by molar-refractivity contribution is 0.411. The fourth-order valence-corrected chi connectivity index (χ4v) is 3.05. The first-order valence-corrected chi connectivity index (χ1v) is 6.19. The van der Waals surface area contributed by atoms with Crippen molar-refractivity contribution in [3.63, 3.8) is 0 Å². The summed E-state index contributed by atoms with van der Waals surface area (Å²) in [7, 11) is 0. The highest BCUT2D eigenvalue weighted by Crippen LogP contribution is 2.29. The van der Waals surface area contributed by atoms with E-state index >= 15 is 0 Å². The van der Waals surface area contributed by atoms with Crippen LogP contribution in [-0.2, 0) is 0 Å². The van der Waals surface area contributed by atoms with E-state index in [0.717, 1.165) is 12.1 Å². The van der Waals surface area contributed by atoms with E-state index in [1.807, 2.05) is 18.5 Å². The quantitative estimate of drug-likeness (QED) is 0.800. The SMILES string of the molecule is c1cc2sc(C3CCCCN3)nc2cn1. The molecule has 0 amide bonds. The Hall–Kier alpha value is -1.00. The third-order valence-electron chi connectivity index (χ3n) is 2.81. The molecule has 3 rings (SSSR count). The molecule has 1 N–H and O–H groups in total. The molecule has 15 heavy (non-hydrogen) atoms. The fourth-order valence-electron chi connectivity index (χ4n) is 2.01. The number of hydrogen-bond donors (Lipinski definition) is 1. The van der Waals surface area contributed by atoms with Gasteiger partial charge >= 0.3 is 0 Å². The maximum absolute atomic E-state index is 4.63. The molecule has 1 aliphatic rings. The van der Waals surface area contributed by atoms with Gasteiger partial charge in [0.15, 0.2) is 0 Å². The third-order valence-corrected chi connectivity index (χ3v) is 3.96. The molecule has 3 heterocycles. The number of piperidine rings is 1. The molecule has 1 atom stereocenters. The predicted molar refractivity (Wildman–Crippen MR) is 62.0 cm³/mol. The van der Waals surface area contributed by atoms with Crippen molar-refractivity contribution in [2.45, 2.75) is 25.3 Å². The Bertz CT molecular complexity index is 427. The Morgan fingerprint density at radius 1 is 1.40 bits per heavy atom. The molecule has 4 heteroatoms. The second-order valence-electron chi connectivity index (χ2n) is 3.90. The minimum Gasteiger partial charge on any atom is -0.308 e. The lowest BCUT2D eigenvalue weighted by Crippen LogP contribution is -2.26. The van der Waals surface area contributed by atoms with Gasteiger partial charge in [0.2, 0.25) is 0 Å². The molecule has 1 saturated heterocycles. The van der Waals surface area contributed by atoms with E-state index in [9.17, 15) is 0 Å². The highest BCUT2D eigenvalue weighted by Gasteiger charge is 2.18.